The number of fused-ring (bicyclic) bond motifs is 1. The molecular weight excluding hydrogens is 1180 g/mol. The van der Waals surface area contributed by atoms with Gasteiger partial charge in [-0.1, -0.05) is 0 Å². The van der Waals surface area contributed by atoms with Gasteiger partial charge >= 0.3 is 207 Å². The first-order valence-electron chi connectivity index (χ1n) is 16.6. The second kappa shape index (κ2) is 39.0. The Labute approximate surface area is 565 Å². The van der Waals surface area contributed by atoms with Crippen molar-refractivity contribution in [2.24, 2.45) is 0 Å². The summed E-state index contributed by atoms with van der Waals surface area (Å²) in [6.45, 7) is -2.21. The van der Waals surface area contributed by atoms with E-state index in [9.17, 15) is 105 Å². The summed E-state index contributed by atoms with van der Waals surface area (Å²) >= 11 is 0. The largest absolute Gasteiger partial charge is 1.00 e. The quantitative estimate of drug-likeness (QED) is 0.0362. The van der Waals surface area contributed by atoms with E-state index in [4.69, 9.17) is 23.7 Å². The van der Waals surface area contributed by atoms with Gasteiger partial charge in [0.2, 0.25) is 31.2 Å². The van der Waals surface area contributed by atoms with Gasteiger partial charge in [0.1, 0.15) is 55.0 Å². The second-order valence-corrected chi connectivity index (χ2v) is 18.3. The standard InChI is InChI=1S/C12H19NO14S2.C6H13NO10S2.C6H8O8S.7Na.2H2O/c14-5-1-4(2-24-29(20,21)22)25-12(7(5)13-28(17,18)19)27-9-8-6(26-8)3-23-10(9)11(15)16;8-4-1-3(2-16-19(13,14)15)17-6(9)5(4)7-18(10,11)12;7-3-1-4(6(8)9)13-2-5(3)14-15(10,11)12;;;;;;;;;/h4-10,12-14H,1-3H2,(H,15,16)(H,17,18,19)(H,20,21,22);3-9H,1-2H2,(H,10,11,12)(H,13,14,15);1,3,5,7H,2H2,(H,8,9)(H,10,11,12);;;;;;;;2*1H2/q;;;7*+1;;/p-7/t4?,5-,6?,7?,8+,9-,10?,12+;3?,4-,5?,6-;3-,5?;;;;;;;;;/m111........./s1. The number of carboxylic acid groups (broad SMARTS) is 2. The zero-order valence-corrected chi connectivity index (χ0v) is 56.7. The molecule has 10 N–H and O–H groups in total. The predicted molar refractivity (Wildman–Crippen MR) is 180 cm³/mol. The number of carbonyl (C=O) groups excluding carboxylic acids is 2. The number of hydrogen-bond acceptors (Lipinski definition) is 32. The molecule has 7 unspecified atom stereocenters. The monoisotopic (exact) mass is 1220 g/mol. The number of aliphatic hydroxyl groups excluding tert-OH is 4. The Hall–Kier alpha value is 4.39. The van der Waals surface area contributed by atoms with Gasteiger partial charge in [0.15, 0.2) is 33.2 Å². The topological polar surface area (TPSA) is 621 Å². The first kappa shape index (κ1) is 90.2. The average molecular weight is 1220 g/mol. The van der Waals surface area contributed by atoms with Gasteiger partial charge in [-0.15, -0.1) is 0 Å². The normalized spacial score (nSPS) is 30.5. The molecule has 0 amide bonds. The zero-order valence-electron chi connectivity index (χ0n) is 38.7. The van der Waals surface area contributed by atoms with Crippen LogP contribution in [0.5, 0.6) is 0 Å². The van der Waals surface area contributed by atoms with Crippen LogP contribution in [0, 0.1) is 0 Å². The van der Waals surface area contributed by atoms with Crippen molar-refractivity contribution in [3.8, 4) is 0 Å². The number of ether oxygens (including phenoxy) is 6. The Morgan fingerprint density at radius 1 is 0.653 bits per heavy atom. The number of aliphatic hydroxyl groups is 4. The number of rotatable bonds is 16. The molecule has 0 aliphatic carbocycles. The van der Waals surface area contributed by atoms with Crippen LogP contribution in [0.2, 0.25) is 0 Å². The van der Waals surface area contributed by atoms with Crippen molar-refractivity contribution >= 4 is 63.7 Å². The molecule has 5 heterocycles. The minimum Gasteiger partial charge on any atom is -0.735 e. The van der Waals surface area contributed by atoms with Gasteiger partial charge in [0.05, 0.1) is 62.3 Å². The number of carbonyl (C=O) groups is 2. The Balaban J connectivity index is -0.000000175. The van der Waals surface area contributed by atoms with E-state index in [1.54, 1.807) is 4.72 Å². The van der Waals surface area contributed by atoms with Gasteiger partial charge in [-0.05, 0) is 6.08 Å². The first-order valence-corrected chi connectivity index (χ1v) is 23.5. The second-order valence-electron chi connectivity index (χ2n) is 12.9. The van der Waals surface area contributed by atoms with Gasteiger partial charge in [-0.2, -0.15) is 0 Å². The SMILES string of the molecule is O.O.O=C([O-])C1=C[C@@H](O)C(OS(=O)(=O)[O-])CO1.O=C([O-])C1OCC2O[C@@H]2[C@H]1O[C@@H]1OC(COS(=O)(=O)[O-])C[C@@H](O)C1NS(=O)(=O)[O-].O=S(=O)([O-])NC1[C@H](O)CC(COS(=O)(=O)[O-])O[C@H]1O.[Na+].[Na+].[Na+].[Na+].[Na+].[Na+].[Na+]. The number of epoxide rings is 1. The third-order valence-corrected chi connectivity index (χ3v) is 10.7. The number of aliphatic carboxylic acids is 2. The van der Waals surface area contributed by atoms with E-state index in [1.807, 2.05) is 0 Å². The van der Waals surface area contributed by atoms with Crippen molar-refractivity contribution in [3.05, 3.63) is 11.8 Å². The molecule has 0 aromatic rings. The number of carboxylic acids is 2. The molecule has 5 aliphatic rings. The van der Waals surface area contributed by atoms with Crippen LogP contribution in [0.3, 0.4) is 0 Å². The molecule has 0 radical (unpaired) electrons. The van der Waals surface area contributed by atoms with E-state index in [1.165, 1.54) is 4.72 Å². The summed E-state index contributed by atoms with van der Waals surface area (Å²) in [4.78, 5) is 21.5. The minimum absolute atomic E-state index is 0. The van der Waals surface area contributed by atoms with E-state index in [2.05, 4.69) is 17.3 Å². The summed E-state index contributed by atoms with van der Waals surface area (Å²) in [5.41, 5.74) is 0. The fraction of sp³-hybridized carbons (Fsp3) is 0.833. The maximum absolute atomic E-state index is 11.3. The summed E-state index contributed by atoms with van der Waals surface area (Å²) in [7, 11) is -25.0. The molecule has 5 aliphatic heterocycles. The van der Waals surface area contributed by atoms with Gasteiger partial charge in [0, 0.05) is 12.8 Å². The van der Waals surface area contributed by atoms with Crippen LogP contribution >= 0.6 is 0 Å². The Morgan fingerprint density at radius 2 is 1.10 bits per heavy atom. The summed E-state index contributed by atoms with van der Waals surface area (Å²) in [5.74, 6) is -3.94. The molecule has 4 saturated heterocycles. The van der Waals surface area contributed by atoms with Gasteiger partial charge in [0.25, 0.3) is 0 Å². The molecule has 0 aromatic heterocycles. The van der Waals surface area contributed by atoms with E-state index in [0.29, 0.717) is 6.08 Å². The van der Waals surface area contributed by atoms with Crippen LogP contribution in [0.15, 0.2) is 11.8 Å². The Morgan fingerprint density at radius 3 is 1.49 bits per heavy atom. The molecule has 14 atom stereocenters. The summed E-state index contributed by atoms with van der Waals surface area (Å²) < 4.78 is 202. The fourth-order valence-electron chi connectivity index (χ4n) is 5.62. The van der Waals surface area contributed by atoms with Crippen LogP contribution < -0.4 is 227 Å². The summed E-state index contributed by atoms with van der Waals surface area (Å²) in [6.07, 6.45) is -16.6. The van der Waals surface area contributed by atoms with Crippen LogP contribution in [-0.4, -0.2) is 220 Å². The van der Waals surface area contributed by atoms with E-state index >= 15 is 0 Å². The number of nitrogens with one attached hydrogen (secondary N) is 2. The third-order valence-electron chi connectivity index (χ3n) is 8.21. The van der Waals surface area contributed by atoms with Gasteiger partial charge < -0.3 is 102 Å². The summed E-state index contributed by atoms with van der Waals surface area (Å²) in [6, 6.07) is -3.28. The maximum Gasteiger partial charge on any atom is 1.00 e. The number of hydrogen-bond donors (Lipinski definition) is 6. The van der Waals surface area contributed by atoms with Crippen LogP contribution in [0.25, 0.3) is 0 Å². The minimum atomic E-state index is -5.10. The molecule has 0 saturated carbocycles. The van der Waals surface area contributed by atoms with Gasteiger partial charge in [-0.3, -0.25) is 12.5 Å². The zero-order chi connectivity index (χ0) is 48.0. The van der Waals surface area contributed by atoms with Crippen molar-refractivity contribution in [2.45, 2.75) is 98.5 Å². The van der Waals surface area contributed by atoms with Crippen LogP contribution in [0.4, 0.5) is 0 Å². The third kappa shape index (κ3) is 34.7. The Kier molecular flexibility index (Phi) is 48.9. The molecule has 0 bridgehead atoms. The van der Waals surface area contributed by atoms with E-state index < -0.39 is 181 Å². The molecule has 48 heteroatoms. The summed E-state index contributed by atoms with van der Waals surface area (Å²) in [5, 5.41) is 59.8. The molecular formula is C24H37N2Na7O34S5. The molecule has 5 rings (SSSR count). The van der Waals surface area contributed by atoms with Crippen LogP contribution in [0.1, 0.15) is 12.8 Å². The molecule has 384 valence electrons. The van der Waals surface area contributed by atoms with Gasteiger partial charge in [-0.25, -0.2) is 51.5 Å². The maximum atomic E-state index is 11.3. The van der Waals surface area contributed by atoms with E-state index in [0.717, 1.165) is 0 Å². The molecule has 4 fully saturated rings. The molecule has 36 nitrogen and oxygen atoms in total. The predicted octanol–water partition coefficient (Wildman–Crippen LogP) is -34.8. The average Bonchev–Trinajstić information content (AvgIpc) is 3.90. The van der Waals surface area contributed by atoms with Crippen molar-refractivity contribution in [1.29, 1.82) is 0 Å². The smallest absolute Gasteiger partial charge is 0.735 e. The fourth-order valence-corrected chi connectivity index (χ4v) is 7.94. The van der Waals surface area contributed by atoms with Crippen molar-refractivity contribution in [1.82, 2.24) is 9.44 Å². The van der Waals surface area contributed by atoms with Crippen molar-refractivity contribution in [2.75, 3.05) is 26.4 Å². The first-order chi connectivity index (χ1) is 28.6. The molecule has 0 spiro atoms. The molecule has 72 heavy (non-hydrogen) atoms. The van der Waals surface area contributed by atoms with Crippen molar-refractivity contribution < 1.29 is 364 Å². The van der Waals surface area contributed by atoms with Crippen LogP contribution in [-0.2, 0) is 102 Å². The molecule has 0 aromatic carbocycles. The Bertz CT molecular complexity index is 2210. The van der Waals surface area contributed by atoms with Crippen molar-refractivity contribution in [3.63, 3.8) is 0 Å². The van der Waals surface area contributed by atoms with E-state index in [-0.39, 0.29) is 231 Å².